The van der Waals surface area contributed by atoms with Gasteiger partial charge in [-0.25, -0.2) is 0 Å². The monoisotopic (exact) mass is 264 g/mol. The van der Waals surface area contributed by atoms with Crippen molar-refractivity contribution < 1.29 is 19.3 Å². The highest BCUT2D eigenvalue weighted by molar-refractivity contribution is 5.13. The van der Waals surface area contributed by atoms with E-state index >= 15 is 0 Å². The minimum absolute atomic E-state index is 0.0551. The first kappa shape index (κ1) is 13.1. The predicted molar refractivity (Wildman–Crippen MR) is 69.5 cm³/mol. The minimum atomic E-state index is -0.922. The normalized spacial score (nSPS) is 37.5. The van der Waals surface area contributed by atoms with Crippen LogP contribution in [0.4, 0.5) is 0 Å². The van der Waals surface area contributed by atoms with Crippen molar-refractivity contribution in [2.24, 2.45) is 0 Å². The molecule has 2 fully saturated rings. The second-order valence-electron chi connectivity index (χ2n) is 5.34. The van der Waals surface area contributed by atoms with Crippen LogP contribution in [0.1, 0.15) is 25.3 Å². The average Bonchev–Trinajstić information content (AvgIpc) is 2.90. The van der Waals surface area contributed by atoms with E-state index in [-0.39, 0.29) is 12.2 Å². The molecule has 2 bridgehead atoms. The molecule has 4 heteroatoms. The summed E-state index contributed by atoms with van der Waals surface area (Å²) in [5.74, 6) is 0. The van der Waals surface area contributed by atoms with Gasteiger partial charge in [-0.1, -0.05) is 37.3 Å². The molecule has 0 aliphatic carbocycles. The van der Waals surface area contributed by atoms with Gasteiger partial charge in [-0.05, 0) is 12.0 Å². The highest BCUT2D eigenvalue weighted by Crippen LogP contribution is 2.38. The standard InChI is InChI=1S/C15H20O4/c1-2-15(16)8-12(13-10-18-14(15)19-13)17-9-11-6-4-3-5-7-11/h3-7,12-14,16H,2,8-10H2,1H3/t12-,13+,14+,15+/m0/s1. The number of benzene rings is 1. The van der Waals surface area contributed by atoms with Crippen molar-refractivity contribution in [2.45, 2.75) is 50.5 Å². The van der Waals surface area contributed by atoms with Crippen LogP contribution in [0.2, 0.25) is 0 Å². The Kier molecular flexibility index (Phi) is 3.58. The summed E-state index contributed by atoms with van der Waals surface area (Å²) in [6, 6.07) is 10.0. The van der Waals surface area contributed by atoms with Crippen LogP contribution < -0.4 is 0 Å². The number of rotatable bonds is 4. The first-order valence-electron chi connectivity index (χ1n) is 6.86. The van der Waals surface area contributed by atoms with Gasteiger partial charge in [-0.15, -0.1) is 0 Å². The van der Waals surface area contributed by atoms with E-state index < -0.39 is 11.9 Å². The van der Waals surface area contributed by atoms with Crippen molar-refractivity contribution in [3.05, 3.63) is 35.9 Å². The molecule has 0 saturated carbocycles. The molecule has 1 aromatic rings. The summed E-state index contributed by atoms with van der Waals surface area (Å²) in [7, 11) is 0. The minimum Gasteiger partial charge on any atom is -0.384 e. The largest absolute Gasteiger partial charge is 0.384 e. The fraction of sp³-hybridized carbons (Fsp3) is 0.600. The van der Waals surface area contributed by atoms with E-state index in [1.165, 1.54) is 0 Å². The van der Waals surface area contributed by atoms with Crippen LogP contribution in [0, 0.1) is 0 Å². The molecule has 0 amide bonds. The van der Waals surface area contributed by atoms with Gasteiger partial charge in [0.15, 0.2) is 6.29 Å². The molecule has 0 radical (unpaired) electrons. The van der Waals surface area contributed by atoms with Gasteiger partial charge in [0, 0.05) is 6.42 Å². The summed E-state index contributed by atoms with van der Waals surface area (Å²) in [5, 5.41) is 10.5. The smallest absolute Gasteiger partial charge is 0.187 e. The molecule has 0 unspecified atom stereocenters. The first-order chi connectivity index (χ1) is 9.21. The maximum atomic E-state index is 10.5. The molecule has 4 atom stereocenters. The molecule has 0 spiro atoms. The molecule has 1 N–H and O–H groups in total. The van der Waals surface area contributed by atoms with Gasteiger partial charge in [0.1, 0.15) is 11.7 Å². The van der Waals surface area contributed by atoms with E-state index in [2.05, 4.69) is 0 Å². The van der Waals surface area contributed by atoms with Crippen molar-refractivity contribution in [3.63, 3.8) is 0 Å². The van der Waals surface area contributed by atoms with Crippen molar-refractivity contribution in [2.75, 3.05) is 6.61 Å². The van der Waals surface area contributed by atoms with E-state index in [9.17, 15) is 5.11 Å². The lowest BCUT2D eigenvalue weighted by Gasteiger charge is -2.39. The topological polar surface area (TPSA) is 47.9 Å². The Morgan fingerprint density at radius 3 is 2.89 bits per heavy atom. The van der Waals surface area contributed by atoms with Gasteiger partial charge in [0.05, 0.1) is 19.3 Å². The summed E-state index contributed by atoms with van der Waals surface area (Å²) in [6.07, 6.45) is 0.532. The van der Waals surface area contributed by atoms with Crippen molar-refractivity contribution >= 4 is 0 Å². The van der Waals surface area contributed by atoms with Gasteiger partial charge in [-0.2, -0.15) is 0 Å². The van der Waals surface area contributed by atoms with Crippen LogP contribution in [0.25, 0.3) is 0 Å². The Morgan fingerprint density at radius 1 is 1.37 bits per heavy atom. The summed E-state index contributed by atoms with van der Waals surface area (Å²) < 4.78 is 17.2. The van der Waals surface area contributed by atoms with Crippen molar-refractivity contribution in [1.29, 1.82) is 0 Å². The molecule has 2 aliphatic rings. The quantitative estimate of drug-likeness (QED) is 0.901. The third-order valence-corrected chi connectivity index (χ3v) is 4.04. The zero-order valence-corrected chi connectivity index (χ0v) is 11.1. The van der Waals surface area contributed by atoms with Crippen LogP contribution in [0.15, 0.2) is 30.3 Å². The number of hydrogen-bond acceptors (Lipinski definition) is 4. The maximum Gasteiger partial charge on any atom is 0.187 e. The number of hydrogen-bond donors (Lipinski definition) is 1. The van der Waals surface area contributed by atoms with Crippen LogP contribution in [-0.2, 0) is 20.8 Å². The Morgan fingerprint density at radius 2 is 2.16 bits per heavy atom. The second-order valence-corrected chi connectivity index (χ2v) is 5.34. The summed E-state index contributed by atoms with van der Waals surface area (Å²) in [4.78, 5) is 0. The van der Waals surface area contributed by atoms with E-state index in [1.807, 2.05) is 37.3 Å². The molecular formula is C15H20O4. The summed E-state index contributed by atoms with van der Waals surface area (Å²) in [5.41, 5.74) is 0.206. The predicted octanol–water partition coefficient (Wildman–Crippen LogP) is 1.86. The molecule has 2 heterocycles. The van der Waals surface area contributed by atoms with Crippen molar-refractivity contribution in [3.8, 4) is 0 Å². The molecule has 4 nitrogen and oxygen atoms in total. The van der Waals surface area contributed by atoms with Gasteiger partial charge in [0.2, 0.25) is 0 Å². The van der Waals surface area contributed by atoms with Gasteiger partial charge < -0.3 is 19.3 Å². The third-order valence-electron chi connectivity index (χ3n) is 4.04. The molecule has 1 aromatic carbocycles. The first-order valence-corrected chi connectivity index (χ1v) is 6.86. The van der Waals surface area contributed by atoms with Crippen molar-refractivity contribution in [1.82, 2.24) is 0 Å². The van der Waals surface area contributed by atoms with Gasteiger partial charge >= 0.3 is 0 Å². The van der Waals surface area contributed by atoms with E-state index in [0.717, 1.165) is 5.56 Å². The van der Waals surface area contributed by atoms with E-state index in [1.54, 1.807) is 0 Å². The highest BCUT2D eigenvalue weighted by atomic mass is 16.7. The highest BCUT2D eigenvalue weighted by Gasteiger charge is 2.52. The van der Waals surface area contributed by atoms with Crippen LogP contribution in [0.3, 0.4) is 0 Å². The summed E-state index contributed by atoms with van der Waals surface area (Å²) in [6.45, 7) is 2.99. The second kappa shape index (κ2) is 5.21. The zero-order valence-electron chi connectivity index (χ0n) is 11.1. The maximum absolute atomic E-state index is 10.5. The zero-order chi connectivity index (χ0) is 13.3. The fourth-order valence-electron chi connectivity index (χ4n) is 2.73. The molecule has 2 saturated heterocycles. The molecular weight excluding hydrogens is 244 g/mol. The molecule has 104 valence electrons. The van der Waals surface area contributed by atoms with Crippen LogP contribution in [0.5, 0.6) is 0 Å². The third kappa shape index (κ3) is 2.54. The Labute approximate surface area is 113 Å². The molecule has 19 heavy (non-hydrogen) atoms. The average molecular weight is 264 g/mol. The Bertz CT molecular complexity index is 421. The summed E-state index contributed by atoms with van der Waals surface area (Å²) >= 11 is 0. The number of aliphatic hydroxyl groups is 1. The lowest BCUT2D eigenvalue weighted by Crippen LogP contribution is -2.52. The lowest BCUT2D eigenvalue weighted by atomic mass is 9.89. The van der Waals surface area contributed by atoms with Gasteiger partial charge in [-0.3, -0.25) is 0 Å². The SMILES string of the molecule is CC[C@@]1(O)C[C@H](OCc2ccccc2)[C@H]2CO[C@@H]1O2. The lowest BCUT2D eigenvalue weighted by molar-refractivity contribution is -0.243. The Balaban J connectivity index is 1.64. The Hall–Kier alpha value is -0.940. The fourth-order valence-corrected chi connectivity index (χ4v) is 2.73. The van der Waals surface area contributed by atoms with Crippen LogP contribution >= 0.6 is 0 Å². The van der Waals surface area contributed by atoms with Crippen LogP contribution in [-0.4, -0.2) is 35.8 Å². The van der Waals surface area contributed by atoms with Gasteiger partial charge in [0.25, 0.3) is 0 Å². The molecule has 0 aromatic heterocycles. The number of fused-ring (bicyclic) bond motifs is 2. The van der Waals surface area contributed by atoms with E-state index in [4.69, 9.17) is 14.2 Å². The molecule has 2 aliphatic heterocycles. The number of ether oxygens (including phenoxy) is 3. The molecule has 3 rings (SSSR count). The van der Waals surface area contributed by atoms with E-state index in [0.29, 0.717) is 26.1 Å².